The number of phosphoric ester groups is 1. The molecule has 3 N–H and O–H groups in total. The number of carbonyl (C=O) groups excluding carboxylic acids is 2. The van der Waals surface area contributed by atoms with Gasteiger partial charge in [-0.15, -0.1) is 0 Å². The average molecular weight is 712 g/mol. The number of rotatable bonds is 35. The number of unbranched alkanes of at least 4 members (excludes halogenated alkanes) is 14. The molecule has 0 aliphatic carbocycles. The van der Waals surface area contributed by atoms with Crippen molar-refractivity contribution in [3.8, 4) is 0 Å². The van der Waals surface area contributed by atoms with Gasteiger partial charge in [0.2, 0.25) is 0 Å². The third kappa shape index (κ3) is 35.6. The molecule has 0 aliphatic heterocycles. The van der Waals surface area contributed by atoms with Crippen LogP contribution in [0, 0.1) is 0 Å². The SMILES string of the molecule is CCCCC/C=C/C/C=C/C/C=C/C/C=C/CCCCCC(=O)O[C@H](COC(=O)CCCCCCCCCCC)COP(=O)(O)OCCN. The molecule has 0 spiro atoms. The summed E-state index contributed by atoms with van der Waals surface area (Å²) in [6.07, 6.45) is 38.6. The molecule has 0 aromatic carbocycles. The molecule has 0 fully saturated rings. The molecule has 2 atom stereocenters. The van der Waals surface area contributed by atoms with E-state index in [0.717, 1.165) is 57.8 Å². The molecule has 0 bridgehead atoms. The second-order valence-electron chi connectivity index (χ2n) is 12.4. The molecule has 0 radical (unpaired) electrons. The number of esters is 2. The number of phosphoric acid groups is 1. The van der Waals surface area contributed by atoms with Gasteiger partial charge in [0, 0.05) is 19.4 Å². The molecule has 49 heavy (non-hydrogen) atoms. The summed E-state index contributed by atoms with van der Waals surface area (Å²) in [5.41, 5.74) is 5.32. The van der Waals surface area contributed by atoms with Gasteiger partial charge in [0.05, 0.1) is 13.2 Å². The van der Waals surface area contributed by atoms with Crippen LogP contribution in [-0.4, -0.2) is 49.3 Å². The predicted octanol–water partition coefficient (Wildman–Crippen LogP) is 10.4. The van der Waals surface area contributed by atoms with E-state index in [-0.39, 0.29) is 32.6 Å². The van der Waals surface area contributed by atoms with Gasteiger partial charge in [-0.05, 0) is 57.8 Å². The Morgan fingerprint density at radius 2 is 1.06 bits per heavy atom. The Kier molecular flexibility index (Phi) is 34.3. The van der Waals surface area contributed by atoms with E-state index in [1.165, 1.54) is 64.2 Å². The smallest absolute Gasteiger partial charge is 0.462 e. The monoisotopic (exact) mass is 711 g/mol. The second-order valence-corrected chi connectivity index (χ2v) is 13.9. The Balaban J connectivity index is 4.27. The molecular formula is C39H70NO8P. The van der Waals surface area contributed by atoms with E-state index < -0.39 is 32.5 Å². The average Bonchev–Trinajstić information content (AvgIpc) is 3.08. The molecule has 0 heterocycles. The number of hydrogen-bond donors (Lipinski definition) is 2. The summed E-state index contributed by atoms with van der Waals surface area (Å²) in [6.45, 7) is 3.62. The lowest BCUT2D eigenvalue weighted by Gasteiger charge is -2.19. The summed E-state index contributed by atoms with van der Waals surface area (Å²) in [5.74, 6) is -0.871. The number of carbonyl (C=O) groups is 2. The molecule has 0 amide bonds. The van der Waals surface area contributed by atoms with Crippen molar-refractivity contribution < 1.29 is 37.6 Å². The predicted molar refractivity (Wildman–Crippen MR) is 201 cm³/mol. The van der Waals surface area contributed by atoms with Gasteiger partial charge in [0.1, 0.15) is 6.61 Å². The minimum Gasteiger partial charge on any atom is -0.462 e. The summed E-state index contributed by atoms with van der Waals surface area (Å²) in [5, 5.41) is 0. The maximum atomic E-state index is 12.5. The normalized spacial score (nSPS) is 14.0. The Labute approximate surface area is 298 Å². The standard InChI is InChI=1S/C39H70NO8P/c1-3-5-7-9-11-13-14-15-16-17-18-19-20-21-22-24-26-28-30-32-39(42)48-37(36-47-49(43,44)46-34-33-40)35-45-38(41)31-29-27-25-23-12-10-8-6-4-2/h11,13,15-16,18-19,21-22,37H,3-10,12,14,17,20,23-36,40H2,1-2H3,(H,43,44)/b13-11+,16-15+,19-18+,22-21+/t37-/m1/s1. The van der Waals surface area contributed by atoms with Crippen LogP contribution in [0.5, 0.6) is 0 Å². The van der Waals surface area contributed by atoms with Crippen molar-refractivity contribution in [1.29, 1.82) is 0 Å². The maximum absolute atomic E-state index is 12.5. The molecular weight excluding hydrogens is 641 g/mol. The van der Waals surface area contributed by atoms with Crippen molar-refractivity contribution in [3.05, 3.63) is 48.6 Å². The zero-order valence-electron chi connectivity index (χ0n) is 30.9. The van der Waals surface area contributed by atoms with Crippen LogP contribution in [0.4, 0.5) is 0 Å². The van der Waals surface area contributed by atoms with Gasteiger partial charge in [-0.3, -0.25) is 18.6 Å². The van der Waals surface area contributed by atoms with E-state index >= 15 is 0 Å². The minimum absolute atomic E-state index is 0.0468. The molecule has 0 saturated carbocycles. The van der Waals surface area contributed by atoms with Gasteiger partial charge in [-0.2, -0.15) is 0 Å². The van der Waals surface area contributed by atoms with Gasteiger partial charge >= 0.3 is 19.8 Å². The maximum Gasteiger partial charge on any atom is 0.472 e. The summed E-state index contributed by atoms with van der Waals surface area (Å²) in [7, 11) is -4.38. The molecule has 0 rings (SSSR count). The van der Waals surface area contributed by atoms with E-state index in [4.69, 9.17) is 24.3 Å². The fraction of sp³-hybridized carbons (Fsp3) is 0.744. The van der Waals surface area contributed by atoms with Crippen LogP contribution < -0.4 is 5.73 Å². The van der Waals surface area contributed by atoms with E-state index in [0.29, 0.717) is 6.42 Å². The van der Waals surface area contributed by atoms with Crippen LogP contribution in [0.2, 0.25) is 0 Å². The van der Waals surface area contributed by atoms with Crippen molar-refractivity contribution in [2.24, 2.45) is 5.73 Å². The molecule has 0 aliphatic rings. The lowest BCUT2D eigenvalue weighted by atomic mass is 10.1. The first kappa shape index (κ1) is 47.0. The van der Waals surface area contributed by atoms with E-state index in [1.807, 2.05) is 0 Å². The Morgan fingerprint density at radius 3 is 1.61 bits per heavy atom. The minimum atomic E-state index is -4.38. The topological polar surface area (TPSA) is 134 Å². The second kappa shape index (κ2) is 35.8. The quantitative estimate of drug-likeness (QED) is 0.0285. The summed E-state index contributed by atoms with van der Waals surface area (Å²) in [4.78, 5) is 34.6. The highest BCUT2D eigenvalue weighted by Crippen LogP contribution is 2.43. The lowest BCUT2D eigenvalue weighted by molar-refractivity contribution is -0.161. The van der Waals surface area contributed by atoms with E-state index in [9.17, 15) is 19.0 Å². The Bertz CT molecular complexity index is 949. The molecule has 0 aromatic rings. The molecule has 1 unspecified atom stereocenters. The molecule has 284 valence electrons. The van der Waals surface area contributed by atoms with Crippen molar-refractivity contribution in [2.75, 3.05) is 26.4 Å². The zero-order valence-corrected chi connectivity index (χ0v) is 31.8. The van der Waals surface area contributed by atoms with Crippen LogP contribution in [-0.2, 0) is 32.7 Å². The fourth-order valence-electron chi connectivity index (χ4n) is 4.85. The first-order valence-electron chi connectivity index (χ1n) is 19.1. The van der Waals surface area contributed by atoms with Crippen molar-refractivity contribution in [1.82, 2.24) is 0 Å². The van der Waals surface area contributed by atoms with Crippen LogP contribution in [0.15, 0.2) is 48.6 Å². The van der Waals surface area contributed by atoms with Gasteiger partial charge in [-0.1, -0.05) is 133 Å². The summed E-state index contributed by atoms with van der Waals surface area (Å²) in [6, 6.07) is 0. The number of allylic oxidation sites excluding steroid dienone is 8. The third-order valence-corrected chi connectivity index (χ3v) is 8.70. The fourth-order valence-corrected chi connectivity index (χ4v) is 5.62. The zero-order chi connectivity index (χ0) is 36.1. The Hall–Kier alpha value is -2.03. The first-order chi connectivity index (χ1) is 23.8. The number of hydrogen-bond acceptors (Lipinski definition) is 8. The summed E-state index contributed by atoms with van der Waals surface area (Å²) < 4.78 is 32.6. The number of ether oxygens (including phenoxy) is 2. The lowest BCUT2D eigenvalue weighted by Crippen LogP contribution is -2.29. The highest BCUT2D eigenvalue weighted by Gasteiger charge is 2.25. The summed E-state index contributed by atoms with van der Waals surface area (Å²) >= 11 is 0. The molecule has 0 saturated heterocycles. The van der Waals surface area contributed by atoms with Crippen LogP contribution >= 0.6 is 7.82 Å². The van der Waals surface area contributed by atoms with Gasteiger partial charge in [0.15, 0.2) is 6.10 Å². The number of nitrogens with two attached hydrogens (primary N) is 1. The van der Waals surface area contributed by atoms with Crippen molar-refractivity contribution >= 4 is 19.8 Å². The molecule has 0 aromatic heterocycles. The third-order valence-electron chi connectivity index (χ3n) is 7.72. The van der Waals surface area contributed by atoms with Crippen LogP contribution in [0.25, 0.3) is 0 Å². The molecule has 9 nitrogen and oxygen atoms in total. The van der Waals surface area contributed by atoms with Crippen molar-refractivity contribution in [2.45, 2.75) is 161 Å². The van der Waals surface area contributed by atoms with Crippen LogP contribution in [0.3, 0.4) is 0 Å². The highest BCUT2D eigenvalue weighted by molar-refractivity contribution is 7.47. The largest absolute Gasteiger partial charge is 0.472 e. The van der Waals surface area contributed by atoms with Crippen molar-refractivity contribution in [3.63, 3.8) is 0 Å². The van der Waals surface area contributed by atoms with Crippen LogP contribution in [0.1, 0.15) is 155 Å². The van der Waals surface area contributed by atoms with Gasteiger partial charge in [0.25, 0.3) is 0 Å². The Morgan fingerprint density at radius 1 is 0.612 bits per heavy atom. The van der Waals surface area contributed by atoms with Gasteiger partial charge in [-0.25, -0.2) is 4.57 Å². The van der Waals surface area contributed by atoms with Gasteiger partial charge < -0.3 is 20.1 Å². The van der Waals surface area contributed by atoms with E-state index in [1.54, 1.807) is 0 Å². The highest BCUT2D eigenvalue weighted by atomic mass is 31.2. The first-order valence-corrected chi connectivity index (χ1v) is 20.6. The van der Waals surface area contributed by atoms with E-state index in [2.05, 4.69) is 62.5 Å². The molecule has 10 heteroatoms.